The van der Waals surface area contributed by atoms with E-state index in [9.17, 15) is 0 Å². The van der Waals surface area contributed by atoms with Gasteiger partial charge in [-0.05, 0) is 66.2 Å². The molecule has 1 heterocycles. The molecule has 0 radical (unpaired) electrons. The highest BCUT2D eigenvalue weighted by molar-refractivity contribution is 9.12. The second kappa shape index (κ2) is 6.18. The van der Waals surface area contributed by atoms with Crippen molar-refractivity contribution < 1.29 is 0 Å². The average molecular weight is 431 g/mol. The van der Waals surface area contributed by atoms with Crippen LogP contribution in [0.1, 0.15) is 16.5 Å². The molecule has 3 rings (SSSR count). The van der Waals surface area contributed by atoms with Gasteiger partial charge in [-0.15, -0.1) is 22.9 Å². The molecular weight excluding hydrogens is 420 g/mol. The van der Waals surface area contributed by atoms with Gasteiger partial charge >= 0.3 is 0 Å². The largest absolute Gasteiger partial charge is 0.121 e. The second-order valence-electron chi connectivity index (χ2n) is 4.59. The number of alkyl halides is 1. The Hall–Kier alpha value is -0.350. The van der Waals surface area contributed by atoms with Crippen LogP contribution in [0.3, 0.4) is 0 Å². The van der Waals surface area contributed by atoms with Gasteiger partial charge in [-0.3, -0.25) is 0 Å². The van der Waals surface area contributed by atoms with Crippen LogP contribution in [-0.2, 0) is 6.42 Å². The van der Waals surface area contributed by atoms with Gasteiger partial charge in [-0.25, -0.2) is 0 Å². The van der Waals surface area contributed by atoms with Gasteiger partial charge in [0.1, 0.15) is 0 Å². The van der Waals surface area contributed by atoms with Crippen LogP contribution in [0.2, 0.25) is 0 Å². The maximum atomic E-state index is 6.62. The fourth-order valence-corrected chi connectivity index (χ4v) is 5.85. The Morgan fingerprint density at radius 3 is 2.55 bits per heavy atom. The van der Waals surface area contributed by atoms with Crippen molar-refractivity contribution in [2.24, 2.45) is 0 Å². The minimum atomic E-state index is -0.0299. The Kier molecular flexibility index (Phi) is 4.51. The molecule has 1 unspecified atom stereocenters. The summed E-state index contributed by atoms with van der Waals surface area (Å²) >= 11 is 15.4. The van der Waals surface area contributed by atoms with Crippen LogP contribution < -0.4 is 0 Å². The minimum Gasteiger partial charge on any atom is -0.121 e. The molecular formula is C16H11Br2ClS. The third-order valence-corrected chi connectivity index (χ3v) is 6.07. The van der Waals surface area contributed by atoms with Crippen LogP contribution in [0, 0.1) is 0 Å². The van der Waals surface area contributed by atoms with Crippen molar-refractivity contribution in [1.82, 2.24) is 0 Å². The van der Waals surface area contributed by atoms with Crippen LogP contribution in [-0.4, -0.2) is 0 Å². The predicted octanol–water partition coefficient (Wildman–Crippen LogP) is 6.95. The Labute approximate surface area is 144 Å². The van der Waals surface area contributed by atoms with E-state index in [0.29, 0.717) is 0 Å². The highest BCUT2D eigenvalue weighted by Gasteiger charge is 2.16. The zero-order chi connectivity index (χ0) is 14.1. The maximum Gasteiger partial charge on any atom is 0.0757 e. The Balaban J connectivity index is 1.95. The molecule has 20 heavy (non-hydrogen) atoms. The lowest BCUT2D eigenvalue weighted by molar-refractivity contribution is 0.928. The van der Waals surface area contributed by atoms with E-state index in [1.165, 1.54) is 16.3 Å². The number of thiophene rings is 1. The number of fused-ring (bicyclic) bond motifs is 1. The molecule has 2 aromatic carbocycles. The molecule has 102 valence electrons. The molecule has 0 aliphatic rings. The predicted molar refractivity (Wildman–Crippen MR) is 96.0 cm³/mol. The highest BCUT2D eigenvalue weighted by Crippen LogP contribution is 2.39. The summed E-state index contributed by atoms with van der Waals surface area (Å²) in [6.45, 7) is 0. The number of hydrogen-bond acceptors (Lipinski definition) is 1. The van der Waals surface area contributed by atoms with Crippen molar-refractivity contribution in [2.75, 3.05) is 0 Å². The summed E-state index contributed by atoms with van der Waals surface area (Å²) in [5.41, 5.74) is 2.44. The van der Waals surface area contributed by atoms with Crippen molar-refractivity contribution in [3.05, 3.63) is 67.2 Å². The Morgan fingerprint density at radius 2 is 1.80 bits per heavy atom. The normalized spacial score (nSPS) is 12.8. The zero-order valence-corrected chi connectivity index (χ0v) is 15.2. The second-order valence-corrected chi connectivity index (χ2v) is 8.87. The molecule has 0 nitrogen and oxygen atoms in total. The number of rotatable bonds is 3. The zero-order valence-electron chi connectivity index (χ0n) is 10.4. The molecule has 3 aromatic rings. The molecule has 0 N–H and O–H groups in total. The average Bonchev–Trinajstić information content (AvgIpc) is 2.78. The number of hydrogen-bond donors (Lipinski definition) is 0. The fraction of sp³-hybridized carbons (Fsp3) is 0.125. The molecule has 0 fully saturated rings. The van der Waals surface area contributed by atoms with Crippen molar-refractivity contribution in [3.8, 4) is 0 Å². The van der Waals surface area contributed by atoms with E-state index in [2.05, 4.69) is 80.4 Å². The lowest BCUT2D eigenvalue weighted by Crippen LogP contribution is -1.96. The first kappa shape index (κ1) is 14.6. The van der Waals surface area contributed by atoms with Crippen molar-refractivity contribution in [1.29, 1.82) is 0 Å². The quantitative estimate of drug-likeness (QED) is 0.395. The first-order valence-electron chi connectivity index (χ1n) is 6.20. The van der Waals surface area contributed by atoms with E-state index < -0.39 is 0 Å². The van der Waals surface area contributed by atoms with Gasteiger partial charge in [0.25, 0.3) is 0 Å². The SMILES string of the molecule is ClC(Cc1cccc2ccccc12)c1cc(Br)sc1Br. The minimum absolute atomic E-state index is 0.0299. The standard InChI is InChI=1S/C16H11Br2ClS/c17-15-9-13(16(18)20-15)14(19)8-11-6-3-5-10-4-1-2-7-12(10)11/h1-7,9,14H,8H2. The van der Waals surface area contributed by atoms with Crippen LogP contribution in [0.4, 0.5) is 0 Å². The van der Waals surface area contributed by atoms with E-state index in [1.807, 2.05) is 0 Å². The molecule has 1 atom stereocenters. The molecule has 0 amide bonds. The van der Waals surface area contributed by atoms with Gasteiger partial charge < -0.3 is 0 Å². The van der Waals surface area contributed by atoms with Crippen molar-refractivity contribution in [2.45, 2.75) is 11.8 Å². The topological polar surface area (TPSA) is 0 Å². The summed E-state index contributed by atoms with van der Waals surface area (Å²) in [7, 11) is 0. The monoisotopic (exact) mass is 428 g/mol. The molecule has 0 bridgehead atoms. The van der Waals surface area contributed by atoms with Crippen LogP contribution in [0.25, 0.3) is 10.8 Å². The van der Waals surface area contributed by atoms with Gasteiger partial charge in [-0.2, -0.15) is 0 Å². The lowest BCUT2D eigenvalue weighted by Gasteiger charge is -2.11. The maximum absolute atomic E-state index is 6.62. The Morgan fingerprint density at radius 1 is 1.05 bits per heavy atom. The summed E-state index contributed by atoms with van der Waals surface area (Å²) in [5, 5.41) is 2.52. The van der Waals surface area contributed by atoms with Gasteiger partial charge in [0.15, 0.2) is 0 Å². The van der Waals surface area contributed by atoms with Crippen LogP contribution in [0.5, 0.6) is 0 Å². The van der Waals surface area contributed by atoms with E-state index in [0.717, 1.165) is 19.6 Å². The van der Waals surface area contributed by atoms with Gasteiger partial charge in [0.2, 0.25) is 0 Å². The van der Waals surface area contributed by atoms with Crippen molar-refractivity contribution in [3.63, 3.8) is 0 Å². The molecule has 4 heteroatoms. The molecule has 0 saturated heterocycles. The molecule has 0 aliphatic heterocycles. The molecule has 0 spiro atoms. The van der Waals surface area contributed by atoms with Gasteiger partial charge in [0, 0.05) is 0 Å². The van der Waals surface area contributed by atoms with E-state index in [4.69, 9.17) is 11.6 Å². The smallest absolute Gasteiger partial charge is 0.0757 e. The summed E-state index contributed by atoms with van der Waals surface area (Å²) < 4.78 is 2.20. The van der Waals surface area contributed by atoms with E-state index in [-0.39, 0.29) is 5.38 Å². The number of benzene rings is 2. The van der Waals surface area contributed by atoms with E-state index in [1.54, 1.807) is 11.3 Å². The van der Waals surface area contributed by atoms with Crippen molar-refractivity contribution >= 4 is 65.6 Å². The number of halogens is 3. The highest BCUT2D eigenvalue weighted by atomic mass is 79.9. The third kappa shape index (κ3) is 2.96. The summed E-state index contributed by atoms with van der Waals surface area (Å²) in [6, 6.07) is 16.9. The lowest BCUT2D eigenvalue weighted by atomic mass is 9.99. The van der Waals surface area contributed by atoms with Crippen LogP contribution in [0.15, 0.2) is 56.1 Å². The molecule has 0 saturated carbocycles. The fourth-order valence-electron chi connectivity index (χ4n) is 2.34. The van der Waals surface area contributed by atoms with Gasteiger partial charge in [-0.1, -0.05) is 42.5 Å². The third-order valence-electron chi connectivity index (χ3n) is 3.30. The molecule has 1 aromatic heterocycles. The van der Waals surface area contributed by atoms with Crippen LogP contribution >= 0.6 is 54.8 Å². The summed E-state index contributed by atoms with van der Waals surface area (Å²) in [4.78, 5) is 0. The summed E-state index contributed by atoms with van der Waals surface area (Å²) in [6.07, 6.45) is 0.824. The summed E-state index contributed by atoms with van der Waals surface area (Å²) in [5.74, 6) is 0. The first-order chi connectivity index (χ1) is 9.65. The van der Waals surface area contributed by atoms with E-state index >= 15 is 0 Å². The molecule has 0 aliphatic carbocycles. The first-order valence-corrected chi connectivity index (χ1v) is 9.04. The Bertz CT molecular complexity index is 746. The van der Waals surface area contributed by atoms with Gasteiger partial charge in [0.05, 0.1) is 12.9 Å².